The van der Waals surface area contributed by atoms with E-state index < -0.39 is 0 Å². The van der Waals surface area contributed by atoms with Crippen molar-refractivity contribution in [1.82, 2.24) is 14.1 Å². The van der Waals surface area contributed by atoms with Gasteiger partial charge in [-0.1, -0.05) is 18.2 Å². The molecule has 2 aromatic carbocycles. The number of nitrogens with one attached hydrogen (secondary N) is 1. The van der Waals surface area contributed by atoms with Crippen LogP contribution in [0.2, 0.25) is 0 Å². The Morgan fingerprint density at radius 1 is 0.968 bits per heavy atom. The summed E-state index contributed by atoms with van der Waals surface area (Å²) < 4.78 is 9.65. The van der Waals surface area contributed by atoms with Crippen LogP contribution in [0.3, 0.4) is 0 Å². The molecule has 1 atom stereocenters. The molecule has 3 aromatic heterocycles. The number of hydrogen-bond donors (Lipinski definition) is 1. The molecule has 0 amide bonds. The quantitative estimate of drug-likeness (QED) is 0.289. The van der Waals surface area contributed by atoms with Gasteiger partial charge in [-0.2, -0.15) is 0 Å². The van der Waals surface area contributed by atoms with Crippen molar-refractivity contribution in [3.8, 4) is 22.3 Å². The van der Waals surface area contributed by atoms with Gasteiger partial charge in [-0.25, -0.2) is 0 Å². The summed E-state index contributed by atoms with van der Waals surface area (Å²) in [6, 6.07) is 13.3. The van der Waals surface area contributed by atoms with Gasteiger partial charge in [0.05, 0.1) is 16.0 Å². The van der Waals surface area contributed by atoms with E-state index in [0.717, 1.165) is 44.1 Å². The van der Waals surface area contributed by atoms with Crippen LogP contribution in [0.4, 0.5) is 5.69 Å². The van der Waals surface area contributed by atoms with E-state index in [-0.39, 0.29) is 16.8 Å². The normalized spacial score (nSPS) is 12.6. The van der Waals surface area contributed by atoms with Crippen molar-refractivity contribution in [2.45, 2.75) is 13.2 Å². The molecule has 0 fully saturated rings. The highest BCUT2D eigenvalue weighted by atomic mass is 16.6. The van der Waals surface area contributed by atoms with E-state index in [1.807, 2.05) is 55.3 Å². The maximum absolute atomic E-state index is 11.2. The van der Waals surface area contributed by atoms with Gasteiger partial charge in [-0.05, 0) is 19.1 Å². The average Bonchev–Trinajstić information content (AvgIpc) is 3.48. The van der Waals surface area contributed by atoms with E-state index in [1.54, 1.807) is 19.2 Å². The molecule has 1 N–H and O–H groups in total. The van der Waals surface area contributed by atoms with Crippen LogP contribution in [0.5, 0.6) is 0 Å². The minimum atomic E-state index is -0.361. The van der Waals surface area contributed by atoms with E-state index in [2.05, 4.69) is 27.9 Å². The predicted octanol–water partition coefficient (Wildman–Crippen LogP) is 5.87. The van der Waals surface area contributed by atoms with Gasteiger partial charge in [-0.3, -0.25) is 10.1 Å². The van der Waals surface area contributed by atoms with Crippen LogP contribution < -0.4 is 0 Å². The average molecular weight is 414 g/mol. The summed E-state index contributed by atoms with van der Waals surface area (Å²) >= 11 is 0. The number of nitro benzene ring substituents is 1. The minimum Gasteiger partial charge on any atom is -0.366 e. The molecule has 5 rings (SSSR count). The van der Waals surface area contributed by atoms with Gasteiger partial charge in [0.1, 0.15) is 6.23 Å². The van der Waals surface area contributed by atoms with Gasteiger partial charge < -0.3 is 18.9 Å². The summed E-state index contributed by atoms with van der Waals surface area (Å²) in [5.74, 6) is 0. The highest BCUT2D eigenvalue weighted by molar-refractivity contribution is 6.05. The number of aryl methyl sites for hydroxylation is 1. The molecule has 0 aliphatic heterocycles. The summed E-state index contributed by atoms with van der Waals surface area (Å²) in [5, 5.41) is 13.3. The monoisotopic (exact) mass is 414 g/mol. The fraction of sp³-hybridized carbons (Fsp3) is 0.167. The number of methoxy groups -OCH3 is 1. The Kier molecular flexibility index (Phi) is 4.41. The second kappa shape index (κ2) is 7.14. The summed E-state index contributed by atoms with van der Waals surface area (Å²) in [6.45, 7) is 2.02. The van der Waals surface area contributed by atoms with Crippen LogP contribution in [0, 0.1) is 10.1 Å². The van der Waals surface area contributed by atoms with E-state index in [9.17, 15) is 10.1 Å². The zero-order valence-electron chi connectivity index (χ0n) is 17.5. The summed E-state index contributed by atoms with van der Waals surface area (Å²) in [6.07, 6.45) is 8.04. The molecule has 156 valence electrons. The first-order valence-electron chi connectivity index (χ1n) is 10.0. The third-order valence-electron chi connectivity index (χ3n) is 5.98. The standard InChI is InChI=1S/C24H22N4O3/c1-15(31-3)27-14-22(17-6-4-5-7-23(17)27)20-12-25-11-19(20)21-13-26(2)24-10-16(28(29)30)8-9-18(21)24/h4-15,25H,1-3H3. The van der Waals surface area contributed by atoms with Crippen LogP contribution in [0.15, 0.2) is 67.3 Å². The molecule has 5 aromatic rings. The minimum absolute atomic E-state index is 0.0890. The topological polar surface area (TPSA) is 78.0 Å². The van der Waals surface area contributed by atoms with Crippen molar-refractivity contribution in [2.75, 3.05) is 7.11 Å². The fourth-order valence-electron chi connectivity index (χ4n) is 4.34. The lowest BCUT2D eigenvalue weighted by Gasteiger charge is -2.12. The Hall–Kier alpha value is -3.84. The lowest BCUT2D eigenvalue weighted by Crippen LogP contribution is -2.04. The number of para-hydroxylation sites is 1. The van der Waals surface area contributed by atoms with Crippen LogP contribution in [-0.4, -0.2) is 26.2 Å². The molecule has 0 aliphatic carbocycles. The Balaban J connectivity index is 1.73. The van der Waals surface area contributed by atoms with Crippen molar-refractivity contribution >= 4 is 27.5 Å². The number of non-ortho nitro benzene ring substituents is 1. The van der Waals surface area contributed by atoms with Crippen LogP contribution in [0.1, 0.15) is 13.2 Å². The number of fused-ring (bicyclic) bond motifs is 2. The molecule has 0 saturated carbocycles. The number of benzene rings is 2. The van der Waals surface area contributed by atoms with Crippen LogP contribution in [-0.2, 0) is 11.8 Å². The summed E-state index contributed by atoms with van der Waals surface area (Å²) in [7, 11) is 3.62. The third kappa shape index (κ3) is 2.93. The number of nitrogens with zero attached hydrogens (tertiary/aromatic N) is 3. The Bertz CT molecular complexity index is 1440. The maximum atomic E-state index is 11.2. The number of rotatable bonds is 5. The van der Waals surface area contributed by atoms with E-state index in [0.29, 0.717) is 0 Å². The molecule has 0 spiro atoms. The number of ether oxygens (including phenoxy) is 1. The van der Waals surface area contributed by atoms with E-state index in [1.165, 1.54) is 0 Å². The summed E-state index contributed by atoms with van der Waals surface area (Å²) in [5.41, 5.74) is 6.27. The number of aromatic amines is 1. The molecule has 0 bridgehead atoms. The Morgan fingerprint density at radius 2 is 1.65 bits per heavy atom. The summed E-state index contributed by atoms with van der Waals surface area (Å²) in [4.78, 5) is 14.1. The SMILES string of the molecule is COC(C)n1cc(-c2c[nH]cc2-c2cn(C)c3cc([N+](=O)[O-])ccc23)c2ccccc21. The zero-order valence-corrected chi connectivity index (χ0v) is 17.5. The predicted molar refractivity (Wildman–Crippen MR) is 122 cm³/mol. The zero-order chi connectivity index (χ0) is 21.7. The first-order valence-corrected chi connectivity index (χ1v) is 10.0. The van der Waals surface area contributed by atoms with Crippen molar-refractivity contribution < 1.29 is 9.66 Å². The molecule has 0 radical (unpaired) electrons. The Labute approximate surface area is 178 Å². The van der Waals surface area contributed by atoms with Crippen molar-refractivity contribution in [2.24, 2.45) is 7.05 Å². The highest BCUT2D eigenvalue weighted by Gasteiger charge is 2.20. The number of aromatic nitrogens is 3. The second-order valence-corrected chi connectivity index (χ2v) is 7.70. The largest absolute Gasteiger partial charge is 0.366 e. The maximum Gasteiger partial charge on any atom is 0.271 e. The van der Waals surface area contributed by atoms with Gasteiger partial charge in [-0.15, -0.1) is 0 Å². The second-order valence-electron chi connectivity index (χ2n) is 7.70. The molecule has 1 unspecified atom stereocenters. The fourth-order valence-corrected chi connectivity index (χ4v) is 4.34. The lowest BCUT2D eigenvalue weighted by molar-refractivity contribution is -0.384. The lowest BCUT2D eigenvalue weighted by atomic mass is 9.98. The van der Waals surface area contributed by atoms with E-state index in [4.69, 9.17) is 4.74 Å². The molecular formula is C24H22N4O3. The highest BCUT2D eigenvalue weighted by Crippen LogP contribution is 2.41. The van der Waals surface area contributed by atoms with Gasteiger partial charge >= 0.3 is 0 Å². The molecular weight excluding hydrogens is 392 g/mol. The number of H-pyrrole nitrogens is 1. The van der Waals surface area contributed by atoms with Crippen molar-refractivity contribution in [3.63, 3.8) is 0 Å². The molecule has 7 heteroatoms. The third-order valence-corrected chi connectivity index (χ3v) is 5.98. The molecule has 0 saturated heterocycles. The van der Waals surface area contributed by atoms with Crippen LogP contribution in [0.25, 0.3) is 44.1 Å². The van der Waals surface area contributed by atoms with Crippen molar-refractivity contribution in [3.05, 3.63) is 77.4 Å². The Morgan fingerprint density at radius 3 is 2.35 bits per heavy atom. The smallest absolute Gasteiger partial charge is 0.271 e. The molecule has 7 nitrogen and oxygen atoms in total. The van der Waals surface area contributed by atoms with Gasteiger partial charge in [0, 0.05) is 84.1 Å². The van der Waals surface area contributed by atoms with Gasteiger partial charge in [0.2, 0.25) is 0 Å². The molecule has 31 heavy (non-hydrogen) atoms. The molecule has 0 aliphatic rings. The number of nitro groups is 1. The van der Waals surface area contributed by atoms with Gasteiger partial charge in [0.25, 0.3) is 5.69 Å². The first-order chi connectivity index (χ1) is 15.0. The first kappa shape index (κ1) is 19.1. The van der Waals surface area contributed by atoms with E-state index >= 15 is 0 Å². The van der Waals surface area contributed by atoms with Crippen LogP contribution >= 0.6 is 0 Å². The molecule has 3 heterocycles. The number of hydrogen-bond acceptors (Lipinski definition) is 3. The van der Waals surface area contributed by atoms with Gasteiger partial charge in [0.15, 0.2) is 0 Å². The van der Waals surface area contributed by atoms with Crippen molar-refractivity contribution in [1.29, 1.82) is 0 Å².